The number of nitrogens with one attached hydrogen (secondary N) is 5. The first kappa shape index (κ1) is 26.4. The summed E-state index contributed by atoms with van der Waals surface area (Å²) < 4.78 is 0. The lowest BCUT2D eigenvalue weighted by atomic mass is 10.0. The van der Waals surface area contributed by atoms with E-state index in [4.69, 9.17) is 5.21 Å². The van der Waals surface area contributed by atoms with Crippen molar-refractivity contribution < 1.29 is 29.2 Å². The molecule has 0 bridgehead atoms. The zero-order chi connectivity index (χ0) is 25.9. The van der Waals surface area contributed by atoms with Gasteiger partial charge in [-0.2, -0.15) is 0 Å². The van der Waals surface area contributed by atoms with E-state index in [9.17, 15) is 24.0 Å². The van der Waals surface area contributed by atoms with E-state index >= 15 is 0 Å². The van der Waals surface area contributed by atoms with Gasteiger partial charge < -0.3 is 21.3 Å². The molecule has 11 heteroatoms. The van der Waals surface area contributed by atoms with Crippen molar-refractivity contribution >= 4 is 29.5 Å². The normalized spacial score (nSPS) is 16.2. The Bertz CT molecular complexity index is 1080. The average molecular weight is 496 g/mol. The second kappa shape index (κ2) is 13.0. The van der Waals surface area contributed by atoms with Gasteiger partial charge in [0, 0.05) is 19.3 Å². The van der Waals surface area contributed by atoms with Crippen LogP contribution >= 0.6 is 0 Å². The van der Waals surface area contributed by atoms with Gasteiger partial charge in [-0.25, -0.2) is 5.48 Å². The number of benzene rings is 2. The summed E-state index contributed by atoms with van der Waals surface area (Å²) in [6.45, 7) is -0.484. The van der Waals surface area contributed by atoms with E-state index in [1.807, 2.05) is 24.3 Å². The third-order valence-corrected chi connectivity index (χ3v) is 5.69. The molecule has 0 aliphatic carbocycles. The molecule has 1 fully saturated rings. The minimum absolute atomic E-state index is 0.129. The maximum Gasteiger partial charge on any atom is 0.262 e. The van der Waals surface area contributed by atoms with Crippen molar-refractivity contribution in [2.75, 3.05) is 6.54 Å². The molecular formula is C25H29N5O6. The van der Waals surface area contributed by atoms with Gasteiger partial charge in [0.1, 0.15) is 18.1 Å². The number of carbonyl (C=O) groups excluding carboxylic acids is 5. The largest absolute Gasteiger partial charge is 0.345 e. The lowest BCUT2D eigenvalue weighted by Crippen LogP contribution is -2.57. The van der Waals surface area contributed by atoms with Gasteiger partial charge in [0.25, 0.3) is 5.91 Å². The minimum atomic E-state index is -1.06. The molecule has 3 rings (SSSR count). The molecule has 1 aliphatic heterocycles. The van der Waals surface area contributed by atoms with Gasteiger partial charge in [-0.15, -0.1) is 0 Å². The van der Waals surface area contributed by atoms with Crippen molar-refractivity contribution in [1.82, 2.24) is 26.7 Å². The summed E-state index contributed by atoms with van der Waals surface area (Å²) in [5.41, 5.74) is 2.98. The highest BCUT2D eigenvalue weighted by atomic mass is 16.5. The molecule has 190 valence electrons. The van der Waals surface area contributed by atoms with Crippen LogP contribution in [0.4, 0.5) is 0 Å². The van der Waals surface area contributed by atoms with Crippen LogP contribution in [0.1, 0.15) is 24.0 Å². The fraction of sp³-hybridized carbons (Fsp3) is 0.320. The van der Waals surface area contributed by atoms with Gasteiger partial charge >= 0.3 is 0 Å². The highest BCUT2D eigenvalue weighted by molar-refractivity contribution is 5.96. The molecule has 2 aromatic rings. The Hall–Kier alpha value is -4.25. The monoisotopic (exact) mass is 495 g/mol. The SMILES string of the molecule is O=C(CNC(=O)[C@H](Cc1ccccc1)NC(=O)[C@H](Cc1ccccc1)NC(=O)[C@@H]1CCC(=O)N1)NO. The topological polar surface area (TPSA) is 166 Å². The average Bonchev–Trinajstić information content (AvgIpc) is 3.33. The third kappa shape index (κ3) is 7.91. The number of carbonyl (C=O) groups is 5. The lowest BCUT2D eigenvalue weighted by molar-refractivity contribution is -0.134. The van der Waals surface area contributed by atoms with Crippen LogP contribution in [0.2, 0.25) is 0 Å². The molecular weight excluding hydrogens is 466 g/mol. The van der Waals surface area contributed by atoms with Crippen LogP contribution in [0.3, 0.4) is 0 Å². The predicted molar refractivity (Wildman–Crippen MR) is 128 cm³/mol. The van der Waals surface area contributed by atoms with Crippen LogP contribution in [0.5, 0.6) is 0 Å². The van der Waals surface area contributed by atoms with E-state index in [2.05, 4.69) is 21.3 Å². The molecule has 36 heavy (non-hydrogen) atoms. The maximum atomic E-state index is 13.3. The van der Waals surface area contributed by atoms with Crippen molar-refractivity contribution in [3.8, 4) is 0 Å². The van der Waals surface area contributed by atoms with Crippen LogP contribution in [-0.2, 0) is 36.8 Å². The highest BCUT2D eigenvalue weighted by Crippen LogP contribution is 2.10. The van der Waals surface area contributed by atoms with Gasteiger partial charge in [0.05, 0.1) is 6.54 Å². The summed E-state index contributed by atoms with van der Waals surface area (Å²) in [6.07, 6.45) is 0.847. The molecule has 1 aliphatic rings. The summed E-state index contributed by atoms with van der Waals surface area (Å²) in [6, 6.07) is 15.2. The predicted octanol–water partition coefficient (Wildman–Crippen LogP) is -0.658. The molecule has 6 N–H and O–H groups in total. The van der Waals surface area contributed by atoms with Gasteiger partial charge in [0.2, 0.25) is 23.6 Å². The molecule has 3 atom stereocenters. The number of rotatable bonds is 11. The Kier molecular flexibility index (Phi) is 9.52. The molecule has 0 unspecified atom stereocenters. The van der Waals surface area contributed by atoms with E-state index in [1.165, 1.54) is 5.48 Å². The standard InChI is InChI=1S/C25H29N5O6/c31-21-12-11-18(27-21)24(34)29-20(14-17-9-5-2-6-10-17)25(35)28-19(13-16-7-3-1-4-8-16)23(33)26-15-22(32)30-36/h1-10,18-20,36H,11-15H2,(H,26,33)(H,27,31)(H,28,35)(H,29,34)(H,30,32)/t18-,19-,20-/m0/s1. The van der Waals surface area contributed by atoms with Crippen molar-refractivity contribution in [2.45, 2.75) is 43.8 Å². The van der Waals surface area contributed by atoms with Crippen LogP contribution in [-0.4, -0.2) is 59.4 Å². The first-order chi connectivity index (χ1) is 17.4. The van der Waals surface area contributed by atoms with Crippen molar-refractivity contribution in [2.24, 2.45) is 0 Å². The van der Waals surface area contributed by atoms with Gasteiger partial charge in [-0.3, -0.25) is 29.2 Å². The second-order valence-corrected chi connectivity index (χ2v) is 8.41. The van der Waals surface area contributed by atoms with Crippen LogP contribution < -0.4 is 26.7 Å². The zero-order valence-corrected chi connectivity index (χ0v) is 19.5. The number of hydrogen-bond acceptors (Lipinski definition) is 6. The zero-order valence-electron chi connectivity index (χ0n) is 19.5. The minimum Gasteiger partial charge on any atom is -0.345 e. The summed E-state index contributed by atoms with van der Waals surface area (Å²) in [5.74, 6) is -2.77. The van der Waals surface area contributed by atoms with E-state index in [1.54, 1.807) is 36.4 Å². The number of hydrogen-bond donors (Lipinski definition) is 6. The summed E-state index contributed by atoms with van der Waals surface area (Å²) in [4.78, 5) is 61.8. The van der Waals surface area contributed by atoms with E-state index in [0.29, 0.717) is 6.42 Å². The van der Waals surface area contributed by atoms with Crippen molar-refractivity contribution in [3.05, 3.63) is 71.8 Å². The van der Waals surface area contributed by atoms with E-state index < -0.39 is 48.3 Å². The first-order valence-corrected chi connectivity index (χ1v) is 11.5. The summed E-state index contributed by atoms with van der Waals surface area (Å²) in [5, 5.41) is 19.0. The molecule has 2 aromatic carbocycles. The van der Waals surface area contributed by atoms with Gasteiger partial charge in [-0.1, -0.05) is 60.7 Å². The van der Waals surface area contributed by atoms with Crippen molar-refractivity contribution in [3.63, 3.8) is 0 Å². The Morgan fingerprint density at radius 1 is 0.861 bits per heavy atom. The third-order valence-electron chi connectivity index (χ3n) is 5.69. The van der Waals surface area contributed by atoms with Gasteiger partial charge in [-0.05, 0) is 17.5 Å². The number of hydroxylamine groups is 1. The number of amides is 5. The molecule has 0 aromatic heterocycles. The summed E-state index contributed by atoms with van der Waals surface area (Å²) in [7, 11) is 0. The lowest BCUT2D eigenvalue weighted by Gasteiger charge is -2.24. The molecule has 1 heterocycles. The molecule has 0 saturated carbocycles. The maximum absolute atomic E-state index is 13.3. The fourth-order valence-corrected chi connectivity index (χ4v) is 3.80. The molecule has 11 nitrogen and oxygen atoms in total. The van der Waals surface area contributed by atoms with E-state index in [-0.39, 0.29) is 25.2 Å². The second-order valence-electron chi connectivity index (χ2n) is 8.41. The Morgan fingerprint density at radius 2 is 1.42 bits per heavy atom. The molecule has 0 spiro atoms. The quantitative estimate of drug-likeness (QED) is 0.179. The molecule has 1 saturated heterocycles. The molecule has 0 radical (unpaired) electrons. The summed E-state index contributed by atoms with van der Waals surface area (Å²) >= 11 is 0. The van der Waals surface area contributed by atoms with E-state index in [0.717, 1.165) is 11.1 Å². The first-order valence-electron chi connectivity index (χ1n) is 11.5. The van der Waals surface area contributed by atoms with Gasteiger partial charge in [0.15, 0.2) is 0 Å². The Labute approximate surface area is 208 Å². The van der Waals surface area contributed by atoms with Crippen molar-refractivity contribution in [1.29, 1.82) is 0 Å². The smallest absolute Gasteiger partial charge is 0.262 e. The fourth-order valence-electron chi connectivity index (χ4n) is 3.80. The highest BCUT2D eigenvalue weighted by Gasteiger charge is 2.32. The van der Waals surface area contributed by atoms with Crippen LogP contribution in [0.25, 0.3) is 0 Å². The van der Waals surface area contributed by atoms with Crippen LogP contribution in [0.15, 0.2) is 60.7 Å². The Morgan fingerprint density at radius 3 is 1.92 bits per heavy atom. The Balaban J connectivity index is 1.76. The van der Waals surface area contributed by atoms with Crippen LogP contribution in [0, 0.1) is 0 Å². The molecule has 5 amide bonds.